The highest BCUT2D eigenvalue weighted by atomic mass is 127. The SMILES string of the molecule is CCC(=O)Nc1cccc(OCC(=O)Nc2ccc(I)cc2)c1. The number of benzene rings is 2. The van der Waals surface area contributed by atoms with E-state index in [1.54, 1.807) is 31.2 Å². The van der Waals surface area contributed by atoms with Crippen LogP contribution in [0.2, 0.25) is 0 Å². The smallest absolute Gasteiger partial charge is 0.262 e. The van der Waals surface area contributed by atoms with Gasteiger partial charge in [-0.05, 0) is 59.0 Å². The molecule has 0 aromatic heterocycles. The lowest BCUT2D eigenvalue weighted by Crippen LogP contribution is -2.20. The number of nitrogens with one attached hydrogen (secondary N) is 2. The molecule has 2 rings (SSSR count). The van der Waals surface area contributed by atoms with Crippen LogP contribution in [0, 0.1) is 3.57 Å². The molecule has 0 fully saturated rings. The third kappa shape index (κ3) is 5.90. The summed E-state index contributed by atoms with van der Waals surface area (Å²) in [5, 5.41) is 5.50. The molecular weight excluding hydrogens is 407 g/mol. The molecule has 0 aliphatic carbocycles. The molecule has 6 heteroatoms. The summed E-state index contributed by atoms with van der Waals surface area (Å²) < 4.78 is 6.55. The highest BCUT2D eigenvalue weighted by Crippen LogP contribution is 2.17. The zero-order valence-corrected chi connectivity index (χ0v) is 14.8. The van der Waals surface area contributed by atoms with Gasteiger partial charge in [0.2, 0.25) is 5.91 Å². The number of amides is 2. The van der Waals surface area contributed by atoms with Gasteiger partial charge in [-0.1, -0.05) is 13.0 Å². The number of carbonyl (C=O) groups excluding carboxylic acids is 2. The number of hydrogen-bond donors (Lipinski definition) is 2. The molecule has 120 valence electrons. The summed E-state index contributed by atoms with van der Waals surface area (Å²) in [7, 11) is 0. The summed E-state index contributed by atoms with van der Waals surface area (Å²) in [4.78, 5) is 23.2. The van der Waals surface area contributed by atoms with Gasteiger partial charge in [-0.3, -0.25) is 9.59 Å². The Kier molecular flexibility index (Phi) is 6.40. The molecule has 0 atom stereocenters. The number of ether oxygens (including phenoxy) is 1. The Morgan fingerprint density at radius 2 is 1.70 bits per heavy atom. The highest BCUT2D eigenvalue weighted by Gasteiger charge is 2.05. The summed E-state index contributed by atoms with van der Waals surface area (Å²) in [6, 6.07) is 14.4. The average Bonchev–Trinajstić information content (AvgIpc) is 2.55. The molecule has 0 bridgehead atoms. The minimum atomic E-state index is -0.241. The third-order valence-corrected chi connectivity index (χ3v) is 3.66. The van der Waals surface area contributed by atoms with Crippen LogP contribution in [0.1, 0.15) is 13.3 Å². The van der Waals surface area contributed by atoms with Gasteiger partial charge in [-0.25, -0.2) is 0 Å². The fourth-order valence-corrected chi connectivity index (χ4v) is 2.15. The van der Waals surface area contributed by atoms with Gasteiger partial charge in [0, 0.05) is 27.4 Å². The van der Waals surface area contributed by atoms with E-state index in [4.69, 9.17) is 4.74 Å². The lowest BCUT2D eigenvalue weighted by molar-refractivity contribution is -0.118. The van der Waals surface area contributed by atoms with Crippen molar-refractivity contribution in [3.63, 3.8) is 0 Å². The van der Waals surface area contributed by atoms with Gasteiger partial charge in [0.25, 0.3) is 5.91 Å². The maximum absolute atomic E-state index is 11.9. The Labute approximate surface area is 148 Å². The van der Waals surface area contributed by atoms with Gasteiger partial charge in [0.15, 0.2) is 6.61 Å². The van der Waals surface area contributed by atoms with Crippen molar-refractivity contribution in [2.24, 2.45) is 0 Å². The first kappa shape index (κ1) is 17.3. The minimum Gasteiger partial charge on any atom is -0.484 e. The number of carbonyl (C=O) groups is 2. The molecule has 2 aromatic rings. The molecule has 2 aromatic carbocycles. The largest absolute Gasteiger partial charge is 0.484 e. The Morgan fingerprint density at radius 1 is 1.00 bits per heavy atom. The summed E-state index contributed by atoms with van der Waals surface area (Å²) >= 11 is 2.20. The van der Waals surface area contributed by atoms with E-state index >= 15 is 0 Å². The van der Waals surface area contributed by atoms with Crippen LogP contribution in [0.3, 0.4) is 0 Å². The number of halogens is 1. The van der Waals surface area contributed by atoms with E-state index in [0.717, 1.165) is 9.26 Å². The Hall–Kier alpha value is -2.09. The molecule has 0 unspecified atom stereocenters. The van der Waals surface area contributed by atoms with Gasteiger partial charge < -0.3 is 15.4 Å². The van der Waals surface area contributed by atoms with Gasteiger partial charge in [-0.2, -0.15) is 0 Å². The monoisotopic (exact) mass is 424 g/mol. The minimum absolute atomic E-state index is 0.0707. The van der Waals surface area contributed by atoms with Crippen LogP contribution in [0.5, 0.6) is 5.75 Å². The zero-order chi connectivity index (χ0) is 16.7. The van der Waals surface area contributed by atoms with Crippen LogP contribution >= 0.6 is 22.6 Å². The number of hydrogen-bond acceptors (Lipinski definition) is 3. The van der Waals surface area contributed by atoms with Crippen molar-refractivity contribution in [3.05, 3.63) is 52.1 Å². The normalized spacial score (nSPS) is 10.0. The van der Waals surface area contributed by atoms with E-state index in [-0.39, 0.29) is 18.4 Å². The van der Waals surface area contributed by atoms with Crippen molar-refractivity contribution < 1.29 is 14.3 Å². The van der Waals surface area contributed by atoms with Crippen molar-refractivity contribution >= 4 is 45.8 Å². The van der Waals surface area contributed by atoms with E-state index < -0.39 is 0 Å². The van der Waals surface area contributed by atoms with Crippen molar-refractivity contribution in [1.29, 1.82) is 0 Å². The Balaban J connectivity index is 1.87. The predicted molar refractivity (Wildman–Crippen MR) is 98.6 cm³/mol. The number of anilines is 2. The Bertz CT molecular complexity index is 686. The molecule has 2 N–H and O–H groups in total. The fourth-order valence-electron chi connectivity index (χ4n) is 1.79. The van der Waals surface area contributed by atoms with Gasteiger partial charge >= 0.3 is 0 Å². The first-order valence-corrected chi connectivity index (χ1v) is 8.23. The topological polar surface area (TPSA) is 67.4 Å². The van der Waals surface area contributed by atoms with Crippen molar-refractivity contribution in [2.45, 2.75) is 13.3 Å². The average molecular weight is 424 g/mol. The second-order valence-corrected chi connectivity index (χ2v) is 6.02. The lowest BCUT2D eigenvalue weighted by Gasteiger charge is -2.09. The van der Waals surface area contributed by atoms with Gasteiger partial charge in [0.05, 0.1) is 0 Å². The predicted octanol–water partition coefficient (Wildman–Crippen LogP) is 3.66. The van der Waals surface area contributed by atoms with Crippen LogP contribution in [0.15, 0.2) is 48.5 Å². The van der Waals surface area contributed by atoms with E-state index in [1.807, 2.05) is 24.3 Å². The molecule has 0 radical (unpaired) electrons. The van der Waals surface area contributed by atoms with Gasteiger partial charge in [-0.15, -0.1) is 0 Å². The standard InChI is InChI=1S/C17H17IN2O3/c1-2-16(21)20-14-4-3-5-15(10-14)23-11-17(22)19-13-8-6-12(18)7-9-13/h3-10H,2,11H2,1H3,(H,19,22)(H,20,21). The molecule has 5 nitrogen and oxygen atoms in total. The second-order valence-electron chi connectivity index (χ2n) is 4.77. The number of rotatable bonds is 6. The van der Waals surface area contributed by atoms with Crippen LogP contribution in [0.25, 0.3) is 0 Å². The first-order chi connectivity index (χ1) is 11.1. The van der Waals surface area contributed by atoms with Crippen molar-refractivity contribution in [2.75, 3.05) is 17.2 Å². The molecule has 0 heterocycles. The third-order valence-electron chi connectivity index (χ3n) is 2.94. The molecule has 0 saturated heterocycles. The molecule has 0 aliphatic rings. The zero-order valence-electron chi connectivity index (χ0n) is 12.6. The molecule has 0 aliphatic heterocycles. The first-order valence-electron chi connectivity index (χ1n) is 7.15. The quantitative estimate of drug-likeness (QED) is 0.696. The fraction of sp³-hybridized carbons (Fsp3) is 0.176. The van der Waals surface area contributed by atoms with Crippen molar-refractivity contribution in [1.82, 2.24) is 0 Å². The van der Waals surface area contributed by atoms with E-state index in [9.17, 15) is 9.59 Å². The van der Waals surface area contributed by atoms with E-state index in [0.29, 0.717) is 17.9 Å². The summed E-state index contributed by atoms with van der Waals surface area (Å²) in [6.07, 6.45) is 0.406. The van der Waals surface area contributed by atoms with Crippen LogP contribution in [-0.2, 0) is 9.59 Å². The summed E-state index contributed by atoms with van der Waals surface area (Å²) in [5.41, 5.74) is 1.37. The van der Waals surface area contributed by atoms with Crippen molar-refractivity contribution in [3.8, 4) is 5.75 Å². The molecule has 23 heavy (non-hydrogen) atoms. The Morgan fingerprint density at radius 3 is 2.39 bits per heavy atom. The maximum atomic E-state index is 11.9. The van der Waals surface area contributed by atoms with E-state index in [2.05, 4.69) is 33.2 Å². The second kappa shape index (κ2) is 8.52. The lowest BCUT2D eigenvalue weighted by atomic mass is 10.3. The van der Waals surface area contributed by atoms with Crippen LogP contribution in [-0.4, -0.2) is 18.4 Å². The van der Waals surface area contributed by atoms with Gasteiger partial charge in [0.1, 0.15) is 5.75 Å². The summed E-state index contributed by atoms with van der Waals surface area (Å²) in [6.45, 7) is 1.68. The highest BCUT2D eigenvalue weighted by molar-refractivity contribution is 14.1. The summed E-state index contributed by atoms with van der Waals surface area (Å²) in [5.74, 6) is 0.212. The van der Waals surface area contributed by atoms with E-state index in [1.165, 1.54) is 0 Å². The molecular formula is C17H17IN2O3. The molecule has 0 saturated carbocycles. The van der Waals surface area contributed by atoms with Crippen LogP contribution in [0.4, 0.5) is 11.4 Å². The molecule has 0 spiro atoms. The molecule has 2 amide bonds. The van der Waals surface area contributed by atoms with Crippen LogP contribution < -0.4 is 15.4 Å². The maximum Gasteiger partial charge on any atom is 0.262 e.